The Bertz CT molecular complexity index is 673. The molecule has 1 heterocycles. The zero-order valence-corrected chi connectivity index (χ0v) is 12.3. The van der Waals surface area contributed by atoms with Gasteiger partial charge >= 0.3 is 5.97 Å². The Morgan fingerprint density at radius 2 is 2.23 bits per heavy atom. The molecule has 2 rings (SSSR count). The molecule has 1 amide bonds. The van der Waals surface area contributed by atoms with Gasteiger partial charge < -0.3 is 10.4 Å². The van der Waals surface area contributed by atoms with Crippen molar-refractivity contribution in [3.8, 4) is 0 Å². The van der Waals surface area contributed by atoms with Crippen LogP contribution in [-0.2, 0) is 9.59 Å². The summed E-state index contributed by atoms with van der Waals surface area (Å²) >= 11 is 6.41. The summed E-state index contributed by atoms with van der Waals surface area (Å²) in [5, 5.41) is 17.3. The van der Waals surface area contributed by atoms with E-state index in [4.69, 9.17) is 16.7 Å². The van der Waals surface area contributed by atoms with Crippen LogP contribution < -0.4 is 5.32 Å². The molecule has 1 aromatic carbocycles. The van der Waals surface area contributed by atoms with Gasteiger partial charge in [0.05, 0.1) is 17.7 Å². The lowest BCUT2D eigenvalue weighted by molar-refractivity contribution is -0.138. The largest absolute Gasteiger partial charge is 0.481 e. The third-order valence-electron chi connectivity index (χ3n) is 2.50. The number of nitrogens with one attached hydrogen (secondary N) is 1. The van der Waals surface area contributed by atoms with Crippen LogP contribution in [0.15, 0.2) is 22.3 Å². The van der Waals surface area contributed by atoms with Crippen LogP contribution >= 0.6 is 23.4 Å². The van der Waals surface area contributed by atoms with E-state index < -0.39 is 28.8 Å². The van der Waals surface area contributed by atoms with Crippen molar-refractivity contribution in [1.29, 1.82) is 0 Å². The van der Waals surface area contributed by atoms with Crippen molar-refractivity contribution in [3.63, 3.8) is 0 Å². The van der Waals surface area contributed by atoms with Gasteiger partial charge in [-0.05, 0) is 17.7 Å². The number of carbonyl (C=O) groups is 2. The number of amidine groups is 1. The van der Waals surface area contributed by atoms with Crippen molar-refractivity contribution >= 4 is 46.6 Å². The van der Waals surface area contributed by atoms with E-state index in [0.29, 0.717) is 0 Å². The first kappa shape index (κ1) is 16.4. The molecule has 116 valence electrons. The van der Waals surface area contributed by atoms with Crippen molar-refractivity contribution < 1.29 is 23.5 Å². The maximum absolute atomic E-state index is 13.1. The van der Waals surface area contributed by atoms with Gasteiger partial charge in [-0.25, -0.2) is 8.78 Å². The summed E-state index contributed by atoms with van der Waals surface area (Å²) in [5.74, 6) is -3.85. The molecule has 0 aliphatic carbocycles. The van der Waals surface area contributed by atoms with Crippen molar-refractivity contribution in [2.24, 2.45) is 10.2 Å². The van der Waals surface area contributed by atoms with Gasteiger partial charge in [-0.15, -0.1) is 5.10 Å². The van der Waals surface area contributed by atoms with Gasteiger partial charge in [0.15, 0.2) is 16.8 Å². The topological polar surface area (TPSA) is 91.1 Å². The van der Waals surface area contributed by atoms with E-state index >= 15 is 0 Å². The van der Waals surface area contributed by atoms with Crippen LogP contribution in [0.4, 0.5) is 8.78 Å². The Kier molecular flexibility index (Phi) is 5.09. The first-order chi connectivity index (χ1) is 10.4. The first-order valence-corrected chi connectivity index (χ1v) is 7.07. The summed E-state index contributed by atoms with van der Waals surface area (Å²) in [4.78, 5) is 22.0. The van der Waals surface area contributed by atoms with Gasteiger partial charge in [-0.2, -0.15) is 5.10 Å². The molecule has 1 fully saturated rings. The molecule has 1 unspecified atom stereocenters. The van der Waals surface area contributed by atoms with Crippen LogP contribution in [0.2, 0.25) is 5.02 Å². The highest BCUT2D eigenvalue weighted by molar-refractivity contribution is 8.15. The van der Waals surface area contributed by atoms with Gasteiger partial charge in [0.1, 0.15) is 5.25 Å². The number of hydrogen-bond donors (Lipinski definition) is 2. The number of carbonyl (C=O) groups excluding carboxylic acids is 1. The monoisotopic (exact) mass is 347 g/mol. The Labute approximate surface area is 132 Å². The summed E-state index contributed by atoms with van der Waals surface area (Å²) in [6, 6.07) is 2.05. The number of benzene rings is 1. The minimum Gasteiger partial charge on any atom is -0.481 e. The Hall–Kier alpha value is -2.00. The van der Waals surface area contributed by atoms with Crippen molar-refractivity contribution in [2.45, 2.75) is 11.7 Å². The van der Waals surface area contributed by atoms with Gasteiger partial charge in [0.25, 0.3) is 0 Å². The van der Waals surface area contributed by atoms with E-state index in [1.807, 2.05) is 0 Å². The minimum absolute atomic E-state index is 0.126. The summed E-state index contributed by atoms with van der Waals surface area (Å²) < 4.78 is 26.1. The summed E-state index contributed by atoms with van der Waals surface area (Å²) in [5.41, 5.74) is 0.185. The molecular weight excluding hydrogens is 340 g/mol. The van der Waals surface area contributed by atoms with Gasteiger partial charge in [0, 0.05) is 0 Å². The maximum Gasteiger partial charge on any atom is 0.305 e. The third kappa shape index (κ3) is 4.01. The molecule has 1 aromatic rings. The number of nitrogens with zero attached hydrogens (tertiary/aromatic N) is 2. The predicted octanol–water partition coefficient (Wildman–Crippen LogP) is 2.01. The molecule has 1 aliphatic heterocycles. The molecule has 0 radical (unpaired) electrons. The van der Waals surface area contributed by atoms with Crippen LogP contribution in [0.5, 0.6) is 0 Å². The number of thioether (sulfide) groups is 1. The smallest absolute Gasteiger partial charge is 0.305 e. The zero-order chi connectivity index (χ0) is 16.3. The normalized spacial score (nSPS) is 19.9. The predicted molar refractivity (Wildman–Crippen MR) is 78.2 cm³/mol. The van der Waals surface area contributed by atoms with Crippen molar-refractivity contribution in [1.82, 2.24) is 5.32 Å². The first-order valence-electron chi connectivity index (χ1n) is 5.81. The van der Waals surface area contributed by atoms with Gasteiger partial charge in [-0.1, -0.05) is 23.4 Å². The van der Waals surface area contributed by atoms with E-state index in [1.165, 1.54) is 0 Å². The molecule has 1 saturated heterocycles. The van der Waals surface area contributed by atoms with Crippen LogP contribution in [0.3, 0.4) is 0 Å². The average molecular weight is 348 g/mol. The molecule has 10 heteroatoms. The maximum atomic E-state index is 13.1. The van der Waals surface area contributed by atoms with Crippen LogP contribution in [0.25, 0.3) is 0 Å². The van der Waals surface area contributed by atoms with Crippen molar-refractivity contribution in [2.75, 3.05) is 0 Å². The second-order valence-electron chi connectivity index (χ2n) is 4.14. The zero-order valence-electron chi connectivity index (χ0n) is 10.7. The molecular formula is C12H8ClF2N3O3S. The van der Waals surface area contributed by atoms with Crippen molar-refractivity contribution in [3.05, 3.63) is 34.4 Å². The number of rotatable bonds is 4. The molecule has 0 bridgehead atoms. The highest BCUT2D eigenvalue weighted by Gasteiger charge is 2.32. The quantitative estimate of drug-likeness (QED) is 0.495. The lowest BCUT2D eigenvalue weighted by Gasteiger charge is -1.98. The summed E-state index contributed by atoms with van der Waals surface area (Å²) in [6.07, 6.45) is 0.788. The number of carboxylic acids is 1. The molecule has 0 spiro atoms. The number of carboxylic acid groups (broad SMARTS) is 1. The number of amides is 1. The van der Waals surface area contributed by atoms with Gasteiger partial charge in [0.2, 0.25) is 5.91 Å². The molecule has 0 aromatic heterocycles. The SMILES string of the molecule is O=C(O)CC1SC(=NN=Cc2cc(F)c(F)c(Cl)c2)NC1=O. The van der Waals surface area contributed by atoms with Crippen LogP contribution in [0, 0.1) is 11.6 Å². The van der Waals surface area contributed by atoms with E-state index in [2.05, 4.69) is 15.5 Å². The van der Waals surface area contributed by atoms with E-state index in [-0.39, 0.29) is 22.2 Å². The van der Waals surface area contributed by atoms with E-state index in [0.717, 1.165) is 30.1 Å². The van der Waals surface area contributed by atoms with E-state index in [1.54, 1.807) is 0 Å². The highest BCUT2D eigenvalue weighted by Crippen LogP contribution is 2.22. The summed E-state index contributed by atoms with van der Waals surface area (Å²) in [7, 11) is 0. The van der Waals surface area contributed by atoms with Crippen LogP contribution in [0.1, 0.15) is 12.0 Å². The Morgan fingerprint density at radius 3 is 2.86 bits per heavy atom. The second kappa shape index (κ2) is 6.84. The fraction of sp³-hybridized carbons (Fsp3) is 0.167. The van der Waals surface area contributed by atoms with Crippen LogP contribution in [-0.4, -0.2) is 33.6 Å². The van der Waals surface area contributed by atoms with Gasteiger partial charge in [-0.3, -0.25) is 9.59 Å². The summed E-state index contributed by atoms with van der Waals surface area (Å²) in [6.45, 7) is 0. The number of halogens is 3. The molecule has 0 saturated carbocycles. The lowest BCUT2D eigenvalue weighted by atomic mass is 10.2. The Balaban J connectivity index is 2.06. The molecule has 2 N–H and O–H groups in total. The molecule has 1 atom stereocenters. The number of hydrogen-bond acceptors (Lipinski definition) is 5. The van der Waals surface area contributed by atoms with E-state index in [9.17, 15) is 18.4 Å². The Morgan fingerprint density at radius 1 is 1.50 bits per heavy atom. The third-order valence-corrected chi connectivity index (χ3v) is 3.85. The average Bonchev–Trinajstić information content (AvgIpc) is 2.75. The standard InChI is InChI=1S/C12H8ClF2N3O3S/c13-6-1-5(2-7(14)10(6)15)4-16-18-12-17-11(21)8(22-12)3-9(19)20/h1-2,4,8H,3H2,(H,19,20)(H,17,18,21). The molecule has 6 nitrogen and oxygen atoms in total. The number of aliphatic carboxylic acids is 1. The molecule has 1 aliphatic rings. The lowest BCUT2D eigenvalue weighted by Crippen LogP contribution is -2.26. The second-order valence-corrected chi connectivity index (χ2v) is 5.74. The fourth-order valence-electron chi connectivity index (χ4n) is 1.54. The molecule has 22 heavy (non-hydrogen) atoms. The highest BCUT2D eigenvalue weighted by atomic mass is 35.5. The minimum atomic E-state index is -1.15. The fourth-order valence-corrected chi connectivity index (χ4v) is 2.67.